The molecule has 0 bridgehead atoms. The van der Waals surface area contributed by atoms with Crippen LogP contribution in [0.1, 0.15) is 27.1 Å². The van der Waals surface area contributed by atoms with Crippen molar-refractivity contribution >= 4 is 110 Å². The normalized spacial score (nSPS) is 10.5. The van der Waals surface area contributed by atoms with Crippen LogP contribution in [-0.2, 0) is 9.53 Å². The molecule has 0 radical (unpaired) electrons. The Morgan fingerprint density at radius 2 is 1.38 bits per heavy atom. The first-order valence-electron chi connectivity index (χ1n) is 14.0. The largest absolute Gasteiger partial charge is 0.469 e. The molecule has 6 aromatic rings. The van der Waals surface area contributed by atoms with Crippen LogP contribution in [0, 0.1) is 0 Å². The SMILES string of the molecule is COC(=O)CC(=O)c1ccc(Cl)cc1Cl.NNC(=O)c1ccc(Cl)cc1N.O=c1c2ccc(Cl)cc2nc2cc(-c3ccc(Cl)cc3Cl)[nH]n12. The Balaban J connectivity index is 0.000000181. The first-order chi connectivity index (χ1) is 23.7. The molecule has 0 unspecified atom stereocenters. The minimum atomic E-state index is -0.592. The molecule has 1 amide bonds. The van der Waals surface area contributed by atoms with Crippen LogP contribution in [-0.4, -0.2) is 39.4 Å². The van der Waals surface area contributed by atoms with Crippen LogP contribution in [0.4, 0.5) is 5.69 Å². The van der Waals surface area contributed by atoms with E-state index in [1.165, 1.54) is 42.0 Å². The van der Waals surface area contributed by atoms with Gasteiger partial charge in [0, 0.05) is 43.0 Å². The molecule has 4 aromatic carbocycles. The van der Waals surface area contributed by atoms with E-state index in [2.05, 4.69) is 14.8 Å². The summed E-state index contributed by atoms with van der Waals surface area (Å²) in [7, 11) is 1.22. The minimum Gasteiger partial charge on any atom is -0.469 e. The van der Waals surface area contributed by atoms with E-state index >= 15 is 0 Å². The third-order valence-electron chi connectivity index (χ3n) is 6.74. The number of nitrogens with zero attached hydrogens (tertiary/aromatic N) is 2. The lowest BCUT2D eigenvalue weighted by molar-refractivity contribution is -0.139. The van der Waals surface area contributed by atoms with Gasteiger partial charge in [-0.1, -0.05) is 69.6 Å². The highest BCUT2D eigenvalue weighted by molar-refractivity contribution is 6.37. The Morgan fingerprint density at radius 3 is 1.98 bits per heavy atom. The van der Waals surface area contributed by atoms with E-state index in [9.17, 15) is 19.2 Å². The van der Waals surface area contributed by atoms with E-state index < -0.39 is 11.9 Å². The molecular weight excluding hydrogens is 773 g/mol. The molecule has 50 heavy (non-hydrogen) atoms. The van der Waals surface area contributed by atoms with Crippen molar-refractivity contribution in [1.29, 1.82) is 0 Å². The highest BCUT2D eigenvalue weighted by atomic mass is 35.5. The fraction of sp³-hybridized carbons (Fsp3) is 0.0606. The number of ether oxygens (including phenoxy) is 1. The van der Waals surface area contributed by atoms with Crippen LogP contribution in [0.15, 0.2) is 83.7 Å². The number of nitrogens with two attached hydrogens (primary N) is 2. The van der Waals surface area contributed by atoms with Crippen LogP contribution < -0.4 is 22.6 Å². The van der Waals surface area contributed by atoms with E-state index in [1.54, 1.807) is 48.5 Å². The number of benzene rings is 4. The van der Waals surface area contributed by atoms with E-state index in [-0.39, 0.29) is 28.3 Å². The molecule has 6 rings (SSSR count). The number of hydrogen-bond donors (Lipinski definition) is 4. The molecule has 6 N–H and O–H groups in total. The van der Waals surface area contributed by atoms with Gasteiger partial charge < -0.3 is 10.5 Å². The summed E-state index contributed by atoms with van der Waals surface area (Å²) in [6, 6.07) is 21.0. The van der Waals surface area contributed by atoms with Gasteiger partial charge in [0.1, 0.15) is 6.42 Å². The van der Waals surface area contributed by atoms with Crippen molar-refractivity contribution in [3.8, 4) is 11.3 Å². The number of amides is 1. The van der Waals surface area contributed by atoms with Crippen molar-refractivity contribution in [2.24, 2.45) is 5.84 Å². The van der Waals surface area contributed by atoms with E-state index in [0.29, 0.717) is 58.6 Å². The molecule has 2 aromatic heterocycles. The van der Waals surface area contributed by atoms with Gasteiger partial charge in [0.05, 0.1) is 39.3 Å². The smallest absolute Gasteiger partial charge is 0.313 e. The first kappa shape index (κ1) is 38.5. The fourth-order valence-electron chi connectivity index (χ4n) is 4.34. The first-order valence-corrected chi connectivity index (χ1v) is 16.3. The lowest BCUT2D eigenvalue weighted by Gasteiger charge is -2.03. The maximum atomic E-state index is 12.6. The van der Waals surface area contributed by atoms with Crippen LogP contribution in [0.3, 0.4) is 0 Å². The molecule has 0 aliphatic carbocycles. The number of methoxy groups -OCH3 is 1. The van der Waals surface area contributed by atoms with Crippen LogP contribution in [0.25, 0.3) is 27.8 Å². The van der Waals surface area contributed by atoms with Crippen molar-refractivity contribution < 1.29 is 19.1 Å². The lowest BCUT2D eigenvalue weighted by Crippen LogP contribution is -2.30. The van der Waals surface area contributed by atoms with Crippen LogP contribution in [0.2, 0.25) is 30.1 Å². The van der Waals surface area contributed by atoms with Gasteiger partial charge in [-0.15, -0.1) is 0 Å². The average Bonchev–Trinajstić information content (AvgIpc) is 3.48. The summed E-state index contributed by atoms with van der Waals surface area (Å²) >= 11 is 35.2. The number of nitrogen functional groups attached to an aromatic ring is 2. The Morgan fingerprint density at radius 1 is 0.800 bits per heavy atom. The number of hydrogen-bond acceptors (Lipinski definition) is 8. The van der Waals surface area contributed by atoms with Crippen LogP contribution >= 0.6 is 69.6 Å². The molecular formula is C33H24Cl6N6O5. The van der Waals surface area contributed by atoms with Crippen molar-refractivity contribution in [3.63, 3.8) is 0 Å². The fourth-order valence-corrected chi connectivity index (χ4v) is 5.71. The second-order valence-corrected chi connectivity index (χ2v) is 12.6. The van der Waals surface area contributed by atoms with Crippen molar-refractivity contribution in [1.82, 2.24) is 20.0 Å². The van der Waals surface area contributed by atoms with Gasteiger partial charge in [0.25, 0.3) is 11.5 Å². The topological polar surface area (TPSA) is 175 Å². The number of ketones is 1. The summed E-state index contributed by atoms with van der Waals surface area (Å²) in [6.07, 6.45) is -0.322. The number of nitrogens with one attached hydrogen (secondary N) is 2. The summed E-state index contributed by atoms with van der Waals surface area (Å²) < 4.78 is 5.76. The molecule has 0 aliphatic heterocycles. The van der Waals surface area contributed by atoms with Gasteiger partial charge in [0.15, 0.2) is 11.4 Å². The zero-order chi connectivity index (χ0) is 36.7. The number of H-pyrrole nitrogens is 1. The van der Waals surface area contributed by atoms with Gasteiger partial charge >= 0.3 is 5.97 Å². The third kappa shape index (κ3) is 9.46. The summed E-state index contributed by atoms with van der Waals surface area (Å²) in [4.78, 5) is 50.4. The molecule has 11 nitrogen and oxygen atoms in total. The number of hydrazine groups is 1. The second-order valence-electron chi connectivity index (χ2n) is 10.1. The monoisotopic (exact) mass is 794 g/mol. The Kier molecular flexibility index (Phi) is 13.1. The predicted octanol–water partition coefficient (Wildman–Crippen LogP) is 8.07. The number of aromatic nitrogens is 3. The standard InChI is InChI=1S/C16H8Cl3N3O.C10H8Cl2O3.C7H8ClN3O/c17-8-1-3-10(12(19)5-8)14-7-15-20-13-6-9(18)2-4-11(13)16(23)22(15)21-14;1-15-10(14)5-9(13)7-3-2-6(11)4-8(7)12;8-4-1-2-5(6(9)3-4)7(12)11-10/h1-7,21H;2-4H,5H2,1H3;1-3H,9-10H2,(H,11,12). The van der Waals surface area contributed by atoms with Crippen LogP contribution in [0.5, 0.6) is 0 Å². The Labute approximate surface area is 313 Å². The number of anilines is 1. The van der Waals surface area contributed by atoms with Crippen molar-refractivity contribution in [2.75, 3.05) is 12.8 Å². The molecule has 0 fully saturated rings. The number of carbonyl (C=O) groups is 3. The number of esters is 1. The zero-order valence-electron chi connectivity index (χ0n) is 25.6. The van der Waals surface area contributed by atoms with Gasteiger partial charge in [0.2, 0.25) is 0 Å². The van der Waals surface area contributed by atoms with Crippen molar-refractivity contribution in [2.45, 2.75) is 6.42 Å². The average molecular weight is 797 g/mol. The number of Topliss-reactive ketones (excluding diaryl/α,β-unsaturated/α-hetero) is 1. The van der Waals surface area contributed by atoms with Crippen molar-refractivity contribution in [3.05, 3.63) is 130 Å². The summed E-state index contributed by atoms with van der Waals surface area (Å²) in [5.41, 5.74) is 10.6. The molecule has 0 atom stereocenters. The third-order valence-corrected chi connectivity index (χ3v) is 8.30. The molecule has 0 spiro atoms. The quantitative estimate of drug-likeness (QED) is 0.0258. The minimum absolute atomic E-state index is 0.196. The van der Waals surface area contributed by atoms with Gasteiger partial charge in [-0.2, -0.15) is 0 Å². The number of aromatic amines is 1. The molecule has 2 heterocycles. The maximum absolute atomic E-state index is 12.6. The molecule has 0 saturated carbocycles. The summed E-state index contributed by atoms with van der Waals surface area (Å²) in [5.74, 6) is 3.52. The van der Waals surface area contributed by atoms with E-state index in [1.807, 2.05) is 5.43 Å². The highest BCUT2D eigenvalue weighted by Gasteiger charge is 2.15. The molecule has 258 valence electrons. The second kappa shape index (κ2) is 17.1. The molecule has 0 saturated heterocycles. The number of halogens is 6. The highest BCUT2D eigenvalue weighted by Crippen LogP contribution is 2.30. The van der Waals surface area contributed by atoms with Gasteiger partial charge in [-0.05, 0) is 72.8 Å². The molecule has 0 aliphatic rings. The summed E-state index contributed by atoms with van der Waals surface area (Å²) in [6.45, 7) is 0. The lowest BCUT2D eigenvalue weighted by atomic mass is 10.1. The number of carbonyl (C=O) groups excluding carboxylic acids is 3. The van der Waals surface area contributed by atoms with E-state index in [4.69, 9.17) is 81.2 Å². The predicted molar refractivity (Wildman–Crippen MR) is 199 cm³/mol. The number of fused-ring (bicyclic) bond motifs is 2. The Bertz CT molecular complexity index is 2310. The molecule has 17 heteroatoms. The van der Waals surface area contributed by atoms with Gasteiger partial charge in [-0.3, -0.25) is 29.7 Å². The maximum Gasteiger partial charge on any atom is 0.313 e. The number of rotatable bonds is 5. The zero-order valence-corrected chi connectivity index (χ0v) is 30.1. The Hall–Kier alpha value is -4.33. The van der Waals surface area contributed by atoms with Gasteiger partial charge in [-0.25, -0.2) is 15.3 Å². The van der Waals surface area contributed by atoms with E-state index in [0.717, 1.165) is 5.56 Å². The summed E-state index contributed by atoms with van der Waals surface area (Å²) in [5, 5.41) is 6.25.